The maximum absolute atomic E-state index is 13.5. The topological polar surface area (TPSA) is 32.5 Å². The van der Waals surface area contributed by atoms with Crippen LogP contribution in [-0.4, -0.2) is 42.7 Å². The fraction of sp³-hybridized carbons (Fsp3) is 0.625. The summed E-state index contributed by atoms with van der Waals surface area (Å²) >= 11 is 0. The Bertz CT molecular complexity index is 449. The first kappa shape index (κ1) is 15.3. The summed E-state index contributed by atoms with van der Waals surface area (Å²) in [4.78, 5) is 4.73. The van der Waals surface area contributed by atoms with Crippen LogP contribution in [0.5, 0.6) is 0 Å². The van der Waals surface area contributed by atoms with Gasteiger partial charge >= 0.3 is 0 Å². The van der Waals surface area contributed by atoms with Gasteiger partial charge in [-0.05, 0) is 45.4 Å². The van der Waals surface area contributed by atoms with E-state index >= 15 is 0 Å². The predicted octanol–water partition coefficient (Wildman–Crippen LogP) is 2.46. The summed E-state index contributed by atoms with van der Waals surface area (Å²) in [7, 11) is 0. The summed E-state index contributed by atoms with van der Waals surface area (Å²) in [6.45, 7) is 9.98. The van der Waals surface area contributed by atoms with Crippen molar-refractivity contribution in [2.45, 2.75) is 38.8 Å². The van der Waals surface area contributed by atoms with Crippen molar-refractivity contribution in [1.29, 1.82) is 0 Å². The molecule has 1 aliphatic heterocycles. The Balaban J connectivity index is 2.29. The number of anilines is 1. The SMILES string of the molecule is CCN(c1cccc(F)c1)C1(CN)CCN(C(C)C)C1. The third-order valence-electron chi connectivity index (χ3n) is 4.48. The molecule has 0 saturated carbocycles. The molecule has 0 aliphatic carbocycles. The van der Waals surface area contributed by atoms with E-state index in [9.17, 15) is 4.39 Å². The van der Waals surface area contributed by atoms with Gasteiger partial charge in [0.05, 0.1) is 5.54 Å². The third-order valence-corrected chi connectivity index (χ3v) is 4.48. The number of rotatable bonds is 5. The van der Waals surface area contributed by atoms with E-state index in [0.717, 1.165) is 31.7 Å². The van der Waals surface area contributed by atoms with E-state index in [0.29, 0.717) is 12.6 Å². The number of likely N-dealkylation sites (tertiary alicyclic amines) is 1. The smallest absolute Gasteiger partial charge is 0.125 e. The van der Waals surface area contributed by atoms with Crippen molar-refractivity contribution in [2.24, 2.45) is 5.73 Å². The van der Waals surface area contributed by atoms with Crippen molar-refractivity contribution in [3.8, 4) is 0 Å². The minimum Gasteiger partial charge on any atom is -0.363 e. The van der Waals surface area contributed by atoms with Gasteiger partial charge in [0.2, 0.25) is 0 Å². The Morgan fingerprint density at radius 3 is 2.70 bits per heavy atom. The molecule has 1 aromatic carbocycles. The molecule has 0 bridgehead atoms. The van der Waals surface area contributed by atoms with Gasteiger partial charge in [-0.1, -0.05) is 6.07 Å². The van der Waals surface area contributed by atoms with Crippen LogP contribution in [0.1, 0.15) is 27.2 Å². The molecular formula is C16H26FN3. The number of benzene rings is 1. The highest BCUT2D eigenvalue weighted by molar-refractivity contribution is 5.50. The van der Waals surface area contributed by atoms with Crippen LogP contribution in [0.4, 0.5) is 10.1 Å². The summed E-state index contributed by atoms with van der Waals surface area (Å²) < 4.78 is 13.5. The number of nitrogens with zero attached hydrogens (tertiary/aromatic N) is 2. The number of halogens is 1. The van der Waals surface area contributed by atoms with Crippen molar-refractivity contribution in [2.75, 3.05) is 31.1 Å². The second kappa shape index (κ2) is 6.10. The first-order valence-corrected chi connectivity index (χ1v) is 7.50. The largest absolute Gasteiger partial charge is 0.363 e. The molecule has 0 aromatic heterocycles. The molecule has 0 amide bonds. The minimum atomic E-state index is -0.188. The maximum atomic E-state index is 13.5. The number of hydrogen-bond donors (Lipinski definition) is 1. The van der Waals surface area contributed by atoms with Gasteiger partial charge in [0.15, 0.2) is 0 Å². The normalized spacial score (nSPS) is 23.5. The van der Waals surface area contributed by atoms with Gasteiger partial charge in [-0.25, -0.2) is 4.39 Å². The maximum Gasteiger partial charge on any atom is 0.125 e. The first-order valence-electron chi connectivity index (χ1n) is 7.50. The van der Waals surface area contributed by atoms with Crippen molar-refractivity contribution in [3.63, 3.8) is 0 Å². The van der Waals surface area contributed by atoms with Gasteiger partial charge in [0.1, 0.15) is 5.82 Å². The van der Waals surface area contributed by atoms with Gasteiger partial charge in [0, 0.05) is 37.9 Å². The van der Waals surface area contributed by atoms with E-state index in [-0.39, 0.29) is 11.4 Å². The highest BCUT2D eigenvalue weighted by atomic mass is 19.1. The zero-order chi connectivity index (χ0) is 14.8. The molecule has 20 heavy (non-hydrogen) atoms. The van der Waals surface area contributed by atoms with E-state index in [4.69, 9.17) is 5.73 Å². The molecule has 1 heterocycles. The van der Waals surface area contributed by atoms with Crippen LogP contribution in [0.2, 0.25) is 0 Å². The quantitative estimate of drug-likeness (QED) is 0.898. The summed E-state index contributed by atoms with van der Waals surface area (Å²) in [5.41, 5.74) is 6.98. The molecular weight excluding hydrogens is 253 g/mol. The fourth-order valence-corrected chi connectivity index (χ4v) is 3.26. The Morgan fingerprint density at radius 1 is 1.45 bits per heavy atom. The molecule has 2 rings (SSSR count). The van der Waals surface area contributed by atoms with Gasteiger partial charge in [-0.15, -0.1) is 0 Å². The standard InChI is InChI=1S/C16H26FN3/c1-4-20(15-7-5-6-14(17)10-15)16(11-18)8-9-19(12-16)13(2)3/h5-7,10,13H,4,8-9,11-12,18H2,1-3H3. The van der Waals surface area contributed by atoms with Crippen molar-refractivity contribution in [3.05, 3.63) is 30.1 Å². The van der Waals surface area contributed by atoms with E-state index in [1.165, 1.54) is 6.07 Å². The Labute approximate surface area is 121 Å². The average molecular weight is 279 g/mol. The lowest BCUT2D eigenvalue weighted by Crippen LogP contribution is -2.56. The molecule has 1 fully saturated rings. The molecule has 1 saturated heterocycles. The van der Waals surface area contributed by atoms with Crippen molar-refractivity contribution < 1.29 is 4.39 Å². The van der Waals surface area contributed by atoms with Crippen LogP contribution >= 0.6 is 0 Å². The van der Waals surface area contributed by atoms with E-state index in [2.05, 4.69) is 30.6 Å². The highest BCUT2D eigenvalue weighted by Gasteiger charge is 2.42. The molecule has 1 atom stereocenters. The van der Waals surface area contributed by atoms with Gasteiger partial charge in [-0.2, -0.15) is 0 Å². The van der Waals surface area contributed by atoms with Crippen molar-refractivity contribution in [1.82, 2.24) is 4.90 Å². The summed E-state index contributed by atoms with van der Waals surface area (Å²) in [6, 6.07) is 7.37. The van der Waals surface area contributed by atoms with Crippen LogP contribution in [0.25, 0.3) is 0 Å². The van der Waals surface area contributed by atoms with E-state index < -0.39 is 0 Å². The predicted molar refractivity (Wildman–Crippen MR) is 82.5 cm³/mol. The fourth-order valence-electron chi connectivity index (χ4n) is 3.26. The second-order valence-electron chi connectivity index (χ2n) is 5.97. The summed E-state index contributed by atoms with van der Waals surface area (Å²) in [5, 5.41) is 0. The zero-order valence-electron chi connectivity index (χ0n) is 12.8. The molecule has 3 nitrogen and oxygen atoms in total. The van der Waals surface area contributed by atoms with Gasteiger partial charge in [-0.3, -0.25) is 4.90 Å². The average Bonchev–Trinajstić information content (AvgIpc) is 2.85. The van der Waals surface area contributed by atoms with Crippen LogP contribution in [0.15, 0.2) is 24.3 Å². The van der Waals surface area contributed by atoms with E-state index in [1.54, 1.807) is 12.1 Å². The lowest BCUT2D eigenvalue weighted by Gasteiger charge is -2.42. The van der Waals surface area contributed by atoms with Gasteiger partial charge < -0.3 is 10.6 Å². The Morgan fingerprint density at radius 2 is 2.20 bits per heavy atom. The van der Waals surface area contributed by atoms with Gasteiger partial charge in [0.25, 0.3) is 0 Å². The zero-order valence-corrected chi connectivity index (χ0v) is 12.8. The lowest BCUT2D eigenvalue weighted by atomic mass is 9.95. The molecule has 2 N–H and O–H groups in total. The minimum absolute atomic E-state index is 0.0766. The van der Waals surface area contributed by atoms with E-state index in [1.807, 2.05) is 6.07 Å². The molecule has 0 spiro atoms. The summed E-state index contributed by atoms with van der Waals surface area (Å²) in [5.74, 6) is -0.188. The lowest BCUT2D eigenvalue weighted by molar-refractivity contribution is 0.254. The molecule has 1 unspecified atom stereocenters. The monoisotopic (exact) mass is 279 g/mol. The third kappa shape index (κ3) is 2.81. The van der Waals surface area contributed by atoms with Crippen LogP contribution in [0.3, 0.4) is 0 Å². The van der Waals surface area contributed by atoms with Crippen molar-refractivity contribution >= 4 is 5.69 Å². The Hall–Kier alpha value is -1.13. The number of nitrogens with two attached hydrogens (primary N) is 1. The first-order chi connectivity index (χ1) is 9.52. The molecule has 0 radical (unpaired) electrons. The highest BCUT2D eigenvalue weighted by Crippen LogP contribution is 2.32. The molecule has 112 valence electrons. The second-order valence-corrected chi connectivity index (χ2v) is 5.97. The summed E-state index contributed by atoms with van der Waals surface area (Å²) in [6.07, 6.45) is 1.03. The van der Waals surface area contributed by atoms with Crippen LogP contribution in [-0.2, 0) is 0 Å². The number of hydrogen-bond acceptors (Lipinski definition) is 3. The molecule has 1 aromatic rings. The molecule has 1 aliphatic rings. The van der Waals surface area contributed by atoms with Crippen LogP contribution in [0, 0.1) is 5.82 Å². The van der Waals surface area contributed by atoms with Crippen LogP contribution < -0.4 is 10.6 Å². The molecule has 4 heteroatoms. The Kier molecular flexibility index (Phi) is 4.66. The number of likely N-dealkylation sites (N-methyl/N-ethyl adjacent to an activating group) is 1.